The number of nitrogens with zero attached hydrogens (tertiary/aromatic N) is 1. The van der Waals surface area contributed by atoms with Crippen molar-refractivity contribution >= 4 is 29.1 Å². The van der Waals surface area contributed by atoms with Gasteiger partial charge in [-0.2, -0.15) is 0 Å². The summed E-state index contributed by atoms with van der Waals surface area (Å²) < 4.78 is 0. The van der Waals surface area contributed by atoms with Gasteiger partial charge in [0.05, 0.1) is 0 Å². The molecule has 2 amide bonds. The highest BCUT2D eigenvalue weighted by Gasteiger charge is 2.51. The predicted octanol–water partition coefficient (Wildman–Crippen LogP) is 2.36. The van der Waals surface area contributed by atoms with E-state index in [9.17, 15) is 9.59 Å². The van der Waals surface area contributed by atoms with Gasteiger partial charge in [-0.3, -0.25) is 9.59 Å². The number of carbonyl (C=O) groups is 2. The molecule has 1 aromatic rings. The van der Waals surface area contributed by atoms with Crippen LogP contribution >= 0.6 is 11.6 Å². The fourth-order valence-corrected chi connectivity index (χ4v) is 2.93. The lowest BCUT2D eigenvalue weighted by Gasteiger charge is -2.32. The van der Waals surface area contributed by atoms with E-state index in [1.54, 1.807) is 17.0 Å². The minimum atomic E-state index is -0.771. The molecule has 1 N–H and O–H groups in total. The molecule has 4 nitrogen and oxygen atoms in total. The molecule has 0 radical (unpaired) electrons. The number of amides is 2. The zero-order chi connectivity index (χ0) is 14.3. The van der Waals surface area contributed by atoms with Crippen molar-refractivity contribution < 1.29 is 9.59 Å². The third kappa shape index (κ3) is 2.29. The first-order valence-electron chi connectivity index (χ1n) is 6.89. The molecule has 2 fully saturated rings. The summed E-state index contributed by atoms with van der Waals surface area (Å²) in [7, 11) is 0. The van der Waals surface area contributed by atoms with Crippen molar-refractivity contribution in [2.75, 3.05) is 11.4 Å². The molecule has 20 heavy (non-hydrogen) atoms. The van der Waals surface area contributed by atoms with Crippen LogP contribution < -0.4 is 10.2 Å². The van der Waals surface area contributed by atoms with Crippen molar-refractivity contribution in [1.29, 1.82) is 0 Å². The van der Waals surface area contributed by atoms with E-state index in [-0.39, 0.29) is 17.7 Å². The van der Waals surface area contributed by atoms with Crippen LogP contribution in [0.25, 0.3) is 0 Å². The Labute approximate surface area is 123 Å². The van der Waals surface area contributed by atoms with Crippen molar-refractivity contribution in [2.24, 2.45) is 5.92 Å². The molecule has 106 valence electrons. The van der Waals surface area contributed by atoms with Crippen LogP contribution in [0.15, 0.2) is 24.3 Å². The van der Waals surface area contributed by atoms with Gasteiger partial charge in [-0.25, -0.2) is 0 Å². The molecule has 5 heteroatoms. The second-order valence-electron chi connectivity index (χ2n) is 5.71. The first kappa shape index (κ1) is 13.4. The van der Waals surface area contributed by atoms with E-state index in [0.717, 1.165) is 18.5 Å². The molecule has 1 aliphatic heterocycles. The first-order chi connectivity index (χ1) is 9.50. The second-order valence-corrected chi connectivity index (χ2v) is 6.14. The largest absolute Gasteiger partial charge is 0.342 e. The molecule has 2 aliphatic rings. The molecule has 0 aromatic heterocycles. The molecule has 1 aromatic carbocycles. The molecular weight excluding hydrogens is 276 g/mol. The SMILES string of the molecule is CC1(C2CC2)NC(=O)CCN(c2ccc(Cl)cc2)C1=O. The Kier molecular flexibility index (Phi) is 3.21. The highest BCUT2D eigenvalue weighted by atomic mass is 35.5. The van der Waals surface area contributed by atoms with E-state index in [2.05, 4.69) is 5.32 Å². The number of hydrogen-bond acceptors (Lipinski definition) is 2. The van der Waals surface area contributed by atoms with Crippen LogP contribution in [0.5, 0.6) is 0 Å². The van der Waals surface area contributed by atoms with Crippen LogP contribution in [0.3, 0.4) is 0 Å². The number of nitrogens with one attached hydrogen (secondary N) is 1. The van der Waals surface area contributed by atoms with Crippen molar-refractivity contribution in [1.82, 2.24) is 5.32 Å². The summed E-state index contributed by atoms with van der Waals surface area (Å²) in [6.07, 6.45) is 2.32. The third-order valence-corrected chi connectivity index (χ3v) is 4.44. The summed E-state index contributed by atoms with van der Waals surface area (Å²) in [5.74, 6) is 0.184. The molecule has 0 spiro atoms. The third-order valence-electron chi connectivity index (χ3n) is 4.18. The lowest BCUT2D eigenvalue weighted by Crippen LogP contribution is -2.56. The molecule has 3 rings (SSSR count). The Hall–Kier alpha value is -1.55. The number of benzene rings is 1. The summed E-state index contributed by atoms with van der Waals surface area (Å²) in [4.78, 5) is 26.5. The molecule has 1 atom stereocenters. The summed E-state index contributed by atoms with van der Waals surface area (Å²) in [5, 5.41) is 3.56. The Balaban J connectivity index is 1.95. The Morgan fingerprint density at radius 3 is 2.50 bits per heavy atom. The zero-order valence-electron chi connectivity index (χ0n) is 11.4. The lowest BCUT2D eigenvalue weighted by molar-refractivity contribution is -0.130. The minimum absolute atomic E-state index is 0.0202. The van der Waals surface area contributed by atoms with Crippen LogP contribution in [0, 0.1) is 5.92 Å². The average molecular weight is 293 g/mol. The highest BCUT2D eigenvalue weighted by molar-refractivity contribution is 6.30. The van der Waals surface area contributed by atoms with Gasteiger partial charge in [-0.05, 0) is 49.9 Å². The van der Waals surface area contributed by atoms with Gasteiger partial charge in [0.1, 0.15) is 5.54 Å². The predicted molar refractivity (Wildman–Crippen MR) is 77.7 cm³/mol. The standard InChI is InChI=1S/C15H17ClN2O2/c1-15(10-2-3-10)14(20)18(9-8-13(19)17-15)12-6-4-11(16)5-7-12/h4-7,10H,2-3,8-9H2,1H3,(H,17,19). The van der Waals surface area contributed by atoms with Gasteiger partial charge in [-0.15, -0.1) is 0 Å². The number of anilines is 1. The number of carbonyl (C=O) groups excluding carboxylic acids is 2. The van der Waals surface area contributed by atoms with Gasteiger partial charge >= 0.3 is 0 Å². The first-order valence-corrected chi connectivity index (χ1v) is 7.27. The van der Waals surface area contributed by atoms with E-state index >= 15 is 0 Å². The van der Waals surface area contributed by atoms with Crippen LogP contribution in [0.1, 0.15) is 26.2 Å². The van der Waals surface area contributed by atoms with Gasteiger partial charge in [0, 0.05) is 23.7 Å². The van der Waals surface area contributed by atoms with Crippen molar-refractivity contribution in [3.8, 4) is 0 Å². The van der Waals surface area contributed by atoms with Gasteiger partial charge in [-0.1, -0.05) is 11.6 Å². The Morgan fingerprint density at radius 1 is 1.25 bits per heavy atom. The molecule has 0 bridgehead atoms. The Bertz CT molecular complexity index is 553. The molecule has 1 heterocycles. The monoisotopic (exact) mass is 292 g/mol. The molecule has 1 unspecified atom stereocenters. The maximum Gasteiger partial charge on any atom is 0.252 e. The van der Waals surface area contributed by atoms with Crippen molar-refractivity contribution in [2.45, 2.75) is 31.7 Å². The van der Waals surface area contributed by atoms with Crippen LogP contribution in [-0.4, -0.2) is 23.9 Å². The lowest BCUT2D eigenvalue weighted by atomic mass is 9.94. The van der Waals surface area contributed by atoms with Crippen LogP contribution in [-0.2, 0) is 9.59 Å². The fraction of sp³-hybridized carbons (Fsp3) is 0.467. The van der Waals surface area contributed by atoms with Gasteiger partial charge < -0.3 is 10.2 Å². The number of halogens is 1. The van der Waals surface area contributed by atoms with Crippen LogP contribution in [0.4, 0.5) is 5.69 Å². The minimum Gasteiger partial charge on any atom is -0.342 e. The normalized spacial score (nSPS) is 27.2. The maximum absolute atomic E-state index is 12.9. The van der Waals surface area contributed by atoms with Crippen LogP contribution in [0.2, 0.25) is 5.02 Å². The number of rotatable bonds is 2. The second kappa shape index (κ2) is 4.77. The molecule has 1 saturated heterocycles. The van der Waals surface area contributed by atoms with Gasteiger partial charge in [0.2, 0.25) is 5.91 Å². The quantitative estimate of drug-likeness (QED) is 0.910. The summed E-state index contributed by atoms with van der Waals surface area (Å²) >= 11 is 5.89. The molecule has 1 aliphatic carbocycles. The Morgan fingerprint density at radius 2 is 1.90 bits per heavy atom. The summed E-state index contributed by atoms with van der Waals surface area (Å²) in [5.41, 5.74) is 0.0236. The molecule has 1 saturated carbocycles. The number of hydrogen-bond donors (Lipinski definition) is 1. The van der Waals surface area contributed by atoms with Gasteiger partial charge in [0.15, 0.2) is 0 Å². The van der Waals surface area contributed by atoms with E-state index in [0.29, 0.717) is 18.0 Å². The van der Waals surface area contributed by atoms with Gasteiger partial charge in [0.25, 0.3) is 5.91 Å². The van der Waals surface area contributed by atoms with Crippen molar-refractivity contribution in [3.63, 3.8) is 0 Å². The summed E-state index contributed by atoms with van der Waals surface area (Å²) in [6, 6.07) is 7.17. The fourth-order valence-electron chi connectivity index (χ4n) is 2.81. The van der Waals surface area contributed by atoms with E-state index < -0.39 is 5.54 Å². The zero-order valence-corrected chi connectivity index (χ0v) is 12.1. The van der Waals surface area contributed by atoms with Crippen molar-refractivity contribution in [3.05, 3.63) is 29.3 Å². The summed E-state index contributed by atoms with van der Waals surface area (Å²) in [6.45, 7) is 2.26. The van der Waals surface area contributed by atoms with E-state index in [1.807, 2.05) is 19.1 Å². The smallest absolute Gasteiger partial charge is 0.252 e. The molecular formula is C15H17ClN2O2. The highest BCUT2D eigenvalue weighted by Crippen LogP contribution is 2.42. The van der Waals surface area contributed by atoms with E-state index in [4.69, 9.17) is 11.6 Å². The topological polar surface area (TPSA) is 49.4 Å². The maximum atomic E-state index is 12.9. The van der Waals surface area contributed by atoms with E-state index in [1.165, 1.54) is 0 Å². The average Bonchev–Trinajstić information content (AvgIpc) is 3.24.